The molecule has 2 fully saturated rings. The average molecular weight is 356 g/mol. The molecule has 4 rings (SSSR count). The second-order valence-corrected chi connectivity index (χ2v) is 8.14. The van der Waals surface area contributed by atoms with E-state index >= 15 is 0 Å². The Bertz CT molecular complexity index is 775. The molecule has 1 aliphatic heterocycles. The van der Waals surface area contributed by atoms with E-state index in [0.717, 1.165) is 42.8 Å². The maximum Gasteiger partial charge on any atom is 0.222 e. The molecule has 3 heterocycles. The number of amides is 1. The Balaban J connectivity index is 1.43. The van der Waals surface area contributed by atoms with Gasteiger partial charge in [0.2, 0.25) is 5.91 Å². The molecule has 1 amide bonds. The van der Waals surface area contributed by atoms with Crippen LogP contribution in [0, 0.1) is 11.8 Å². The van der Waals surface area contributed by atoms with E-state index in [2.05, 4.69) is 29.0 Å². The van der Waals surface area contributed by atoms with Gasteiger partial charge in [0, 0.05) is 50.3 Å². The van der Waals surface area contributed by atoms with Gasteiger partial charge in [-0.1, -0.05) is 13.8 Å². The van der Waals surface area contributed by atoms with Crippen molar-refractivity contribution in [2.45, 2.75) is 51.4 Å². The monoisotopic (exact) mass is 356 g/mol. The van der Waals surface area contributed by atoms with Crippen molar-refractivity contribution in [1.82, 2.24) is 29.6 Å². The minimum absolute atomic E-state index is 0.239. The summed E-state index contributed by atoms with van der Waals surface area (Å²) < 4.78 is 1.98. The summed E-state index contributed by atoms with van der Waals surface area (Å²) in [6.07, 6.45) is 7.47. The van der Waals surface area contributed by atoms with Gasteiger partial charge in [-0.25, -0.2) is 9.97 Å². The zero-order valence-corrected chi connectivity index (χ0v) is 15.9. The number of imidazole rings is 1. The third kappa shape index (κ3) is 3.39. The summed E-state index contributed by atoms with van der Waals surface area (Å²) in [6, 6.07) is 0. The maximum absolute atomic E-state index is 12.8. The van der Waals surface area contributed by atoms with Gasteiger partial charge in [0.05, 0.1) is 6.33 Å². The second-order valence-electron chi connectivity index (χ2n) is 8.14. The predicted octanol–water partition coefficient (Wildman–Crippen LogP) is 2.25. The van der Waals surface area contributed by atoms with Crippen LogP contribution in [0.3, 0.4) is 0 Å². The Morgan fingerprint density at radius 1 is 1.35 bits per heavy atom. The van der Waals surface area contributed by atoms with Crippen molar-refractivity contribution in [1.29, 1.82) is 0 Å². The number of aromatic nitrogens is 5. The first-order valence-corrected chi connectivity index (χ1v) is 9.68. The van der Waals surface area contributed by atoms with Crippen molar-refractivity contribution in [3.8, 4) is 0 Å². The Kier molecular flexibility index (Phi) is 4.54. The van der Waals surface area contributed by atoms with E-state index in [1.165, 1.54) is 12.8 Å². The lowest BCUT2D eigenvalue weighted by atomic mass is 9.91. The lowest BCUT2D eigenvalue weighted by Gasteiger charge is -2.16. The van der Waals surface area contributed by atoms with Gasteiger partial charge in [0.1, 0.15) is 5.82 Å². The summed E-state index contributed by atoms with van der Waals surface area (Å²) in [7, 11) is 1.97. The molecular formula is C19H28N6O. The molecule has 2 aromatic rings. The zero-order valence-electron chi connectivity index (χ0n) is 15.9. The summed E-state index contributed by atoms with van der Waals surface area (Å²) in [5.41, 5.74) is 1.10. The number of aromatic amines is 1. The molecule has 26 heavy (non-hydrogen) atoms. The van der Waals surface area contributed by atoms with E-state index in [0.29, 0.717) is 24.2 Å². The predicted molar refractivity (Wildman–Crippen MR) is 97.5 cm³/mol. The van der Waals surface area contributed by atoms with Crippen molar-refractivity contribution in [3.05, 3.63) is 29.9 Å². The molecule has 1 saturated heterocycles. The Morgan fingerprint density at radius 2 is 2.15 bits per heavy atom. The van der Waals surface area contributed by atoms with Crippen LogP contribution in [0.5, 0.6) is 0 Å². The third-order valence-corrected chi connectivity index (χ3v) is 5.84. The van der Waals surface area contributed by atoms with E-state index in [4.69, 9.17) is 4.98 Å². The Morgan fingerprint density at radius 3 is 2.77 bits per heavy atom. The van der Waals surface area contributed by atoms with Gasteiger partial charge in [-0.05, 0) is 31.1 Å². The number of carbonyl (C=O) groups excluding carboxylic acids is 1. The van der Waals surface area contributed by atoms with Crippen LogP contribution in [0.2, 0.25) is 0 Å². The number of aryl methyl sites for hydroxylation is 2. The first-order chi connectivity index (χ1) is 12.5. The third-order valence-electron chi connectivity index (χ3n) is 5.84. The normalized spacial score (nSPS) is 23.2. The largest absolute Gasteiger partial charge is 0.342 e. The molecular weight excluding hydrogens is 328 g/mol. The fourth-order valence-electron chi connectivity index (χ4n) is 4.05. The van der Waals surface area contributed by atoms with Crippen LogP contribution in [-0.2, 0) is 18.3 Å². The average Bonchev–Trinajstić information content (AvgIpc) is 3.02. The van der Waals surface area contributed by atoms with Crippen LogP contribution in [-0.4, -0.2) is 48.6 Å². The van der Waals surface area contributed by atoms with Crippen molar-refractivity contribution >= 4 is 5.91 Å². The van der Waals surface area contributed by atoms with Crippen LogP contribution < -0.4 is 0 Å². The number of hydrogen-bond acceptors (Lipinski definition) is 4. The number of nitrogens with one attached hydrogen (secondary N) is 1. The van der Waals surface area contributed by atoms with E-state index in [-0.39, 0.29) is 5.91 Å². The van der Waals surface area contributed by atoms with Crippen molar-refractivity contribution in [2.75, 3.05) is 13.1 Å². The van der Waals surface area contributed by atoms with Gasteiger partial charge in [-0.3, -0.25) is 9.89 Å². The van der Waals surface area contributed by atoms with Gasteiger partial charge in [0.15, 0.2) is 5.82 Å². The summed E-state index contributed by atoms with van der Waals surface area (Å²) in [6.45, 7) is 5.83. The smallest absolute Gasteiger partial charge is 0.222 e. The summed E-state index contributed by atoms with van der Waals surface area (Å²) in [4.78, 5) is 23.7. The van der Waals surface area contributed by atoms with E-state index in [1.54, 1.807) is 6.33 Å². The number of rotatable bonds is 6. The lowest BCUT2D eigenvalue weighted by molar-refractivity contribution is -0.130. The molecule has 2 aromatic heterocycles. The fourth-order valence-corrected chi connectivity index (χ4v) is 4.05. The molecule has 140 valence electrons. The fraction of sp³-hybridized carbons (Fsp3) is 0.684. The number of likely N-dealkylation sites (tertiary alicyclic amines) is 1. The molecule has 7 heteroatoms. The summed E-state index contributed by atoms with van der Waals surface area (Å²) >= 11 is 0. The molecule has 2 atom stereocenters. The number of nitrogens with zero attached hydrogens (tertiary/aromatic N) is 5. The highest BCUT2D eigenvalue weighted by atomic mass is 16.2. The standard InChI is InChI=1S/C19H28N6O/c1-12(2)18-21-19(23-22-18)16-10-25(9-15(16)13-4-5-13)17(26)7-6-14-8-20-11-24(14)3/h8,11-13,15-16H,4-7,9-10H2,1-3H3,(H,21,22,23)/t15-,16+/m1/s1. The molecule has 0 unspecified atom stereocenters. The Labute approximate surface area is 154 Å². The number of carbonyl (C=O) groups is 1. The SMILES string of the molecule is CC(C)c1n[nH]c([C@H]2CN(C(=O)CCc3cncn3C)C[C@@H]2C2CC2)n1. The molecule has 0 radical (unpaired) electrons. The molecule has 0 bridgehead atoms. The van der Waals surface area contributed by atoms with Crippen molar-refractivity contribution in [3.63, 3.8) is 0 Å². The van der Waals surface area contributed by atoms with Crippen LogP contribution in [0.1, 0.15) is 62.3 Å². The van der Waals surface area contributed by atoms with Crippen LogP contribution in [0.15, 0.2) is 12.5 Å². The number of hydrogen-bond donors (Lipinski definition) is 1. The highest BCUT2D eigenvalue weighted by Gasteiger charge is 2.45. The molecule has 0 spiro atoms. The lowest BCUT2D eigenvalue weighted by Crippen LogP contribution is -2.29. The van der Waals surface area contributed by atoms with Gasteiger partial charge in [-0.15, -0.1) is 0 Å². The first kappa shape index (κ1) is 17.2. The topological polar surface area (TPSA) is 79.7 Å². The second kappa shape index (κ2) is 6.85. The van der Waals surface area contributed by atoms with Crippen LogP contribution >= 0.6 is 0 Å². The minimum Gasteiger partial charge on any atom is -0.342 e. The van der Waals surface area contributed by atoms with E-state index in [9.17, 15) is 4.79 Å². The number of H-pyrrole nitrogens is 1. The molecule has 1 aliphatic carbocycles. The molecule has 2 aliphatic rings. The quantitative estimate of drug-likeness (QED) is 0.861. The minimum atomic E-state index is 0.239. The highest BCUT2D eigenvalue weighted by molar-refractivity contribution is 5.77. The van der Waals surface area contributed by atoms with E-state index in [1.807, 2.05) is 22.7 Å². The van der Waals surface area contributed by atoms with Gasteiger partial charge in [0.25, 0.3) is 0 Å². The van der Waals surface area contributed by atoms with Gasteiger partial charge < -0.3 is 9.47 Å². The van der Waals surface area contributed by atoms with Crippen LogP contribution in [0.4, 0.5) is 0 Å². The molecule has 1 N–H and O–H groups in total. The Hall–Kier alpha value is -2.18. The van der Waals surface area contributed by atoms with E-state index < -0.39 is 0 Å². The molecule has 7 nitrogen and oxygen atoms in total. The van der Waals surface area contributed by atoms with Crippen molar-refractivity contribution < 1.29 is 4.79 Å². The van der Waals surface area contributed by atoms with Gasteiger partial charge >= 0.3 is 0 Å². The first-order valence-electron chi connectivity index (χ1n) is 9.68. The zero-order chi connectivity index (χ0) is 18.3. The summed E-state index contributed by atoms with van der Waals surface area (Å²) in [5.74, 6) is 3.94. The highest BCUT2D eigenvalue weighted by Crippen LogP contribution is 2.47. The van der Waals surface area contributed by atoms with Crippen LogP contribution in [0.25, 0.3) is 0 Å². The van der Waals surface area contributed by atoms with Crippen molar-refractivity contribution in [2.24, 2.45) is 18.9 Å². The van der Waals surface area contributed by atoms with Gasteiger partial charge in [-0.2, -0.15) is 5.10 Å². The summed E-state index contributed by atoms with van der Waals surface area (Å²) in [5, 5.41) is 7.53. The molecule has 0 aromatic carbocycles. The molecule has 1 saturated carbocycles. The maximum atomic E-state index is 12.8.